The molecule has 2 N–H and O–H groups in total. The summed E-state index contributed by atoms with van der Waals surface area (Å²) in [6.45, 7) is 3.80. The third-order valence-electron chi connectivity index (χ3n) is 3.87. The lowest BCUT2D eigenvalue weighted by Crippen LogP contribution is -2.50. The van der Waals surface area contributed by atoms with Crippen molar-refractivity contribution in [1.29, 1.82) is 0 Å². The topological polar surface area (TPSA) is 76.4 Å². The first kappa shape index (κ1) is 18.1. The highest BCUT2D eigenvalue weighted by molar-refractivity contribution is 5.95. The minimum Gasteiger partial charge on any atom is -0.396 e. The van der Waals surface area contributed by atoms with Crippen molar-refractivity contribution in [2.24, 2.45) is 0 Å². The Morgan fingerprint density at radius 1 is 1.42 bits per heavy atom. The molecule has 0 bridgehead atoms. The van der Waals surface area contributed by atoms with Gasteiger partial charge in [-0.2, -0.15) is 5.10 Å². The van der Waals surface area contributed by atoms with Crippen LogP contribution < -0.4 is 5.32 Å². The molecule has 130 valence electrons. The number of aliphatic hydroxyl groups is 1. The van der Waals surface area contributed by atoms with Gasteiger partial charge in [-0.05, 0) is 44.5 Å². The largest absolute Gasteiger partial charge is 0.396 e. The van der Waals surface area contributed by atoms with Gasteiger partial charge in [0, 0.05) is 13.7 Å². The van der Waals surface area contributed by atoms with Crippen molar-refractivity contribution in [2.45, 2.75) is 25.8 Å². The SMILES string of the molecule is COCC(C)(CCO)NC(=O)c1cnn(-c2ccc(F)cc2)c1C. The number of amides is 1. The average Bonchev–Trinajstić information content (AvgIpc) is 2.90. The Morgan fingerprint density at radius 3 is 2.67 bits per heavy atom. The minimum absolute atomic E-state index is 0.0615. The fourth-order valence-corrected chi connectivity index (χ4v) is 2.55. The van der Waals surface area contributed by atoms with Crippen LogP contribution in [0.4, 0.5) is 4.39 Å². The van der Waals surface area contributed by atoms with Crippen LogP contribution in [0.25, 0.3) is 5.69 Å². The van der Waals surface area contributed by atoms with E-state index >= 15 is 0 Å². The van der Waals surface area contributed by atoms with E-state index in [1.807, 2.05) is 6.92 Å². The number of aliphatic hydroxyl groups excluding tert-OH is 1. The number of carbonyl (C=O) groups is 1. The molecule has 0 aliphatic rings. The van der Waals surface area contributed by atoms with Gasteiger partial charge >= 0.3 is 0 Å². The Morgan fingerprint density at radius 2 is 2.08 bits per heavy atom. The summed E-state index contributed by atoms with van der Waals surface area (Å²) in [5.41, 5.74) is 1.05. The van der Waals surface area contributed by atoms with Crippen molar-refractivity contribution in [3.05, 3.63) is 47.5 Å². The van der Waals surface area contributed by atoms with Crippen LogP contribution in [0.15, 0.2) is 30.5 Å². The fourth-order valence-electron chi connectivity index (χ4n) is 2.55. The molecule has 1 aromatic carbocycles. The third kappa shape index (κ3) is 3.98. The van der Waals surface area contributed by atoms with Crippen LogP contribution in [0, 0.1) is 12.7 Å². The van der Waals surface area contributed by atoms with Crippen LogP contribution in [-0.4, -0.2) is 46.7 Å². The summed E-state index contributed by atoms with van der Waals surface area (Å²) in [6, 6.07) is 5.87. The minimum atomic E-state index is -0.676. The Labute approximate surface area is 140 Å². The zero-order valence-electron chi connectivity index (χ0n) is 14.0. The molecule has 1 aromatic heterocycles. The maximum absolute atomic E-state index is 13.0. The first-order valence-electron chi connectivity index (χ1n) is 7.63. The number of ether oxygens (including phenoxy) is 1. The summed E-state index contributed by atoms with van der Waals surface area (Å²) in [5, 5.41) is 16.3. The van der Waals surface area contributed by atoms with E-state index in [4.69, 9.17) is 4.74 Å². The van der Waals surface area contributed by atoms with Crippen molar-refractivity contribution < 1.29 is 19.0 Å². The summed E-state index contributed by atoms with van der Waals surface area (Å²) in [5.74, 6) is -0.630. The van der Waals surface area contributed by atoms with Gasteiger partial charge in [0.15, 0.2) is 0 Å². The highest BCUT2D eigenvalue weighted by Gasteiger charge is 2.28. The van der Waals surface area contributed by atoms with Crippen LogP contribution in [0.1, 0.15) is 29.4 Å². The monoisotopic (exact) mass is 335 g/mol. The van der Waals surface area contributed by atoms with Gasteiger partial charge in [-0.15, -0.1) is 0 Å². The van der Waals surface area contributed by atoms with Crippen molar-refractivity contribution in [1.82, 2.24) is 15.1 Å². The van der Waals surface area contributed by atoms with Crippen LogP contribution in [-0.2, 0) is 4.74 Å². The number of carbonyl (C=O) groups excluding carboxylic acids is 1. The van der Waals surface area contributed by atoms with Gasteiger partial charge in [0.25, 0.3) is 5.91 Å². The zero-order chi connectivity index (χ0) is 17.7. The van der Waals surface area contributed by atoms with Gasteiger partial charge in [-0.1, -0.05) is 0 Å². The van der Waals surface area contributed by atoms with Gasteiger partial charge in [0.05, 0.1) is 35.3 Å². The lowest BCUT2D eigenvalue weighted by molar-refractivity contribution is 0.0725. The van der Waals surface area contributed by atoms with Crippen molar-refractivity contribution in [2.75, 3.05) is 20.3 Å². The van der Waals surface area contributed by atoms with Crippen LogP contribution in [0.5, 0.6) is 0 Å². The van der Waals surface area contributed by atoms with Gasteiger partial charge in [0.1, 0.15) is 5.82 Å². The molecule has 0 aliphatic heterocycles. The molecule has 2 rings (SSSR count). The summed E-state index contributed by atoms with van der Waals surface area (Å²) in [7, 11) is 1.54. The summed E-state index contributed by atoms with van der Waals surface area (Å²) < 4.78 is 19.7. The molecule has 1 atom stereocenters. The molecule has 6 nitrogen and oxygen atoms in total. The highest BCUT2D eigenvalue weighted by atomic mass is 19.1. The summed E-state index contributed by atoms with van der Waals surface area (Å²) >= 11 is 0. The fraction of sp³-hybridized carbons (Fsp3) is 0.412. The molecule has 24 heavy (non-hydrogen) atoms. The molecular formula is C17H22FN3O3. The normalized spacial score (nSPS) is 13.5. The number of methoxy groups -OCH3 is 1. The molecular weight excluding hydrogens is 313 g/mol. The molecule has 1 heterocycles. The Hall–Kier alpha value is -2.25. The number of benzene rings is 1. The molecule has 0 radical (unpaired) electrons. The zero-order valence-corrected chi connectivity index (χ0v) is 14.0. The van der Waals surface area contributed by atoms with Crippen molar-refractivity contribution in [3.63, 3.8) is 0 Å². The number of nitrogens with one attached hydrogen (secondary N) is 1. The lowest BCUT2D eigenvalue weighted by Gasteiger charge is -2.29. The molecule has 1 amide bonds. The second-order valence-electron chi connectivity index (χ2n) is 5.95. The molecule has 0 saturated carbocycles. The number of nitrogens with zero attached hydrogens (tertiary/aromatic N) is 2. The first-order valence-corrected chi connectivity index (χ1v) is 7.63. The predicted molar refractivity (Wildman–Crippen MR) is 87.7 cm³/mol. The molecule has 7 heteroatoms. The average molecular weight is 335 g/mol. The van der Waals surface area contributed by atoms with Crippen molar-refractivity contribution in [3.8, 4) is 5.69 Å². The van der Waals surface area contributed by atoms with E-state index in [9.17, 15) is 14.3 Å². The number of rotatable bonds is 7. The van der Waals surface area contributed by atoms with E-state index in [-0.39, 0.29) is 24.9 Å². The molecule has 0 fully saturated rings. The van der Waals surface area contributed by atoms with Crippen LogP contribution >= 0.6 is 0 Å². The Bertz CT molecular complexity index is 692. The van der Waals surface area contributed by atoms with Gasteiger partial charge in [-0.3, -0.25) is 4.79 Å². The first-order chi connectivity index (χ1) is 11.4. The Balaban J connectivity index is 2.23. The summed E-state index contributed by atoms with van der Waals surface area (Å²) in [4.78, 5) is 12.6. The molecule has 2 aromatic rings. The molecule has 0 spiro atoms. The van der Waals surface area contributed by atoms with Gasteiger partial charge in [-0.25, -0.2) is 9.07 Å². The number of aromatic nitrogens is 2. The second-order valence-corrected chi connectivity index (χ2v) is 5.95. The quantitative estimate of drug-likeness (QED) is 0.809. The van der Waals surface area contributed by atoms with E-state index in [1.54, 1.807) is 30.8 Å². The van der Waals surface area contributed by atoms with E-state index in [0.29, 0.717) is 23.4 Å². The smallest absolute Gasteiger partial charge is 0.255 e. The molecule has 0 saturated heterocycles. The molecule has 1 unspecified atom stereocenters. The van der Waals surface area contributed by atoms with E-state index in [2.05, 4.69) is 10.4 Å². The van der Waals surface area contributed by atoms with Crippen molar-refractivity contribution >= 4 is 5.91 Å². The summed E-state index contributed by atoms with van der Waals surface area (Å²) in [6.07, 6.45) is 1.85. The lowest BCUT2D eigenvalue weighted by atomic mass is 9.98. The number of hydrogen-bond donors (Lipinski definition) is 2. The van der Waals surface area contributed by atoms with E-state index in [0.717, 1.165) is 0 Å². The van der Waals surface area contributed by atoms with Gasteiger partial charge < -0.3 is 15.2 Å². The maximum Gasteiger partial charge on any atom is 0.255 e. The van der Waals surface area contributed by atoms with Crippen LogP contribution in [0.2, 0.25) is 0 Å². The van der Waals surface area contributed by atoms with E-state index in [1.165, 1.54) is 18.3 Å². The standard InChI is InChI=1S/C17H22FN3O3/c1-12-15(16(23)20-17(2,8-9-22)11-24-3)10-19-21(12)14-6-4-13(18)5-7-14/h4-7,10,22H,8-9,11H2,1-3H3,(H,20,23). The third-order valence-corrected chi connectivity index (χ3v) is 3.87. The second kappa shape index (κ2) is 7.55. The van der Waals surface area contributed by atoms with Gasteiger partial charge in [0.2, 0.25) is 0 Å². The van der Waals surface area contributed by atoms with E-state index < -0.39 is 5.54 Å². The number of halogens is 1. The number of hydrogen-bond acceptors (Lipinski definition) is 4. The molecule has 0 aliphatic carbocycles. The van der Waals surface area contributed by atoms with Crippen LogP contribution in [0.3, 0.4) is 0 Å². The maximum atomic E-state index is 13.0. The predicted octanol–water partition coefficient (Wildman–Crippen LogP) is 1.84. The highest BCUT2D eigenvalue weighted by Crippen LogP contribution is 2.17. The Kier molecular flexibility index (Phi) is 5.69.